The van der Waals surface area contributed by atoms with Crippen LogP contribution in [-0.4, -0.2) is 70.0 Å². The average molecular weight is 599 g/mol. The Morgan fingerprint density at radius 3 is 1.36 bits per heavy atom. The van der Waals surface area contributed by atoms with Gasteiger partial charge in [0.05, 0.1) is 20.7 Å². The van der Waals surface area contributed by atoms with Crippen molar-refractivity contribution in [3.8, 4) is 0 Å². The Kier molecular flexibility index (Phi) is 29.1. The molecule has 6 nitrogen and oxygen atoms in total. The van der Waals surface area contributed by atoms with Gasteiger partial charge in [-0.25, -0.2) is 0 Å². The van der Waals surface area contributed by atoms with Crippen molar-refractivity contribution in [1.29, 1.82) is 0 Å². The first-order valence-electron chi connectivity index (χ1n) is 18.0. The average Bonchev–Trinajstić information content (AvgIpc) is 2.96. The summed E-state index contributed by atoms with van der Waals surface area (Å²) in [5.41, 5.74) is 0. The van der Waals surface area contributed by atoms with Crippen molar-refractivity contribution >= 4 is 11.9 Å². The van der Waals surface area contributed by atoms with E-state index in [0.717, 1.165) is 32.2 Å². The van der Waals surface area contributed by atoms with Gasteiger partial charge in [-0.1, -0.05) is 142 Å². The third-order valence-corrected chi connectivity index (χ3v) is 8.30. The number of carbonyl (C=O) groups is 2. The van der Waals surface area contributed by atoms with Crippen LogP contribution in [0.25, 0.3) is 0 Å². The van der Waals surface area contributed by atoms with Crippen LogP contribution in [-0.2, 0) is 23.8 Å². The predicted molar refractivity (Wildman–Crippen MR) is 177 cm³/mol. The Labute approximate surface area is 261 Å². The molecule has 0 rings (SSSR count). The fraction of sp³-hybridized carbons (Fsp3) is 0.944. The van der Waals surface area contributed by atoms with Crippen LogP contribution in [0.1, 0.15) is 168 Å². The number of esters is 2. The van der Waals surface area contributed by atoms with Crippen LogP contribution in [0.15, 0.2) is 0 Å². The molecule has 42 heavy (non-hydrogen) atoms. The number of nitrogens with zero attached hydrogens (tertiary/aromatic N) is 1. The molecule has 0 aliphatic carbocycles. The van der Waals surface area contributed by atoms with Gasteiger partial charge in [-0.05, 0) is 12.8 Å². The van der Waals surface area contributed by atoms with Crippen molar-refractivity contribution in [3.05, 3.63) is 0 Å². The van der Waals surface area contributed by atoms with E-state index in [0.29, 0.717) is 30.5 Å². The SMILES string of the molecule is CCCCCCCCCCCCCC(=O)OCC(C[N+](C)(C)CCOC)OC(=O)CCCCCCCCCCCCC. The maximum Gasteiger partial charge on any atom is 0.306 e. The highest BCUT2D eigenvalue weighted by Crippen LogP contribution is 2.14. The van der Waals surface area contributed by atoms with E-state index in [1.54, 1.807) is 7.11 Å². The highest BCUT2D eigenvalue weighted by atomic mass is 16.6. The normalized spacial score (nSPS) is 12.4. The van der Waals surface area contributed by atoms with Gasteiger partial charge in [0.25, 0.3) is 0 Å². The molecule has 250 valence electrons. The molecule has 0 radical (unpaired) electrons. The van der Waals surface area contributed by atoms with Crippen molar-refractivity contribution in [2.24, 2.45) is 0 Å². The number of ether oxygens (including phenoxy) is 3. The summed E-state index contributed by atoms with van der Waals surface area (Å²) in [4.78, 5) is 25.1. The summed E-state index contributed by atoms with van der Waals surface area (Å²) >= 11 is 0. The molecule has 0 amide bonds. The van der Waals surface area contributed by atoms with E-state index < -0.39 is 6.10 Å². The van der Waals surface area contributed by atoms with Crippen LogP contribution in [0.2, 0.25) is 0 Å². The van der Waals surface area contributed by atoms with Gasteiger partial charge < -0.3 is 18.7 Å². The number of likely N-dealkylation sites (N-methyl/N-ethyl adjacent to an activating group) is 1. The Morgan fingerprint density at radius 1 is 0.571 bits per heavy atom. The van der Waals surface area contributed by atoms with Crippen molar-refractivity contribution in [2.45, 2.75) is 174 Å². The number of quaternary nitrogens is 1. The molecule has 0 fully saturated rings. The minimum atomic E-state index is -0.432. The summed E-state index contributed by atoms with van der Waals surface area (Å²) in [6.45, 7) is 6.68. The molecule has 0 aromatic carbocycles. The van der Waals surface area contributed by atoms with Crippen LogP contribution in [0.3, 0.4) is 0 Å². The van der Waals surface area contributed by atoms with Crippen molar-refractivity contribution in [1.82, 2.24) is 0 Å². The fourth-order valence-corrected chi connectivity index (χ4v) is 5.47. The zero-order valence-corrected chi connectivity index (χ0v) is 28.9. The van der Waals surface area contributed by atoms with E-state index >= 15 is 0 Å². The number of rotatable bonds is 32. The zero-order valence-electron chi connectivity index (χ0n) is 28.9. The van der Waals surface area contributed by atoms with Crippen molar-refractivity contribution in [3.63, 3.8) is 0 Å². The van der Waals surface area contributed by atoms with Gasteiger partial charge in [0.2, 0.25) is 0 Å². The lowest BCUT2D eigenvalue weighted by Crippen LogP contribution is -2.49. The zero-order chi connectivity index (χ0) is 31.2. The lowest BCUT2D eigenvalue weighted by atomic mass is 10.1. The van der Waals surface area contributed by atoms with Crippen molar-refractivity contribution in [2.75, 3.05) is 47.5 Å². The Morgan fingerprint density at radius 2 is 0.952 bits per heavy atom. The molecule has 6 heteroatoms. The lowest BCUT2D eigenvalue weighted by Gasteiger charge is -2.32. The number of hydrogen-bond donors (Lipinski definition) is 0. The molecule has 0 aromatic heterocycles. The molecule has 0 saturated carbocycles. The summed E-state index contributed by atoms with van der Waals surface area (Å²) in [6, 6.07) is 0. The standard InChI is InChI=1S/C36H72NO5/c1-6-8-10-12-14-16-18-20-22-24-26-28-35(38)41-33-34(32-37(3,4)30-31-40-5)42-36(39)29-27-25-23-21-19-17-15-13-11-9-7-2/h34H,6-33H2,1-5H3/q+1. The maximum atomic E-state index is 12.6. The third-order valence-electron chi connectivity index (χ3n) is 8.30. The summed E-state index contributed by atoms with van der Waals surface area (Å²) < 4.78 is 17.3. The second-order valence-corrected chi connectivity index (χ2v) is 13.2. The molecule has 0 aliphatic rings. The van der Waals surface area contributed by atoms with E-state index in [2.05, 4.69) is 27.9 Å². The van der Waals surface area contributed by atoms with Crippen LogP contribution in [0.5, 0.6) is 0 Å². The molecule has 0 heterocycles. The van der Waals surface area contributed by atoms with Gasteiger partial charge in [0.1, 0.15) is 19.7 Å². The van der Waals surface area contributed by atoms with E-state index in [1.165, 1.54) is 116 Å². The van der Waals surface area contributed by atoms with Gasteiger partial charge in [-0.3, -0.25) is 9.59 Å². The first kappa shape index (κ1) is 40.9. The number of unbranched alkanes of at least 4 members (excludes halogenated alkanes) is 20. The predicted octanol–water partition coefficient (Wildman–Crippen LogP) is 9.57. The Hall–Kier alpha value is -1.14. The minimum absolute atomic E-state index is 0.134. The van der Waals surface area contributed by atoms with E-state index in [4.69, 9.17) is 14.2 Å². The van der Waals surface area contributed by atoms with Gasteiger partial charge in [-0.15, -0.1) is 0 Å². The molecular weight excluding hydrogens is 526 g/mol. The topological polar surface area (TPSA) is 61.8 Å². The van der Waals surface area contributed by atoms with Gasteiger partial charge in [0, 0.05) is 20.0 Å². The second-order valence-electron chi connectivity index (χ2n) is 13.2. The third kappa shape index (κ3) is 29.0. The number of methoxy groups -OCH3 is 1. The molecule has 1 atom stereocenters. The molecular formula is C36H72NO5+. The number of hydrogen-bond acceptors (Lipinski definition) is 5. The maximum absolute atomic E-state index is 12.6. The molecule has 0 aliphatic heterocycles. The second kappa shape index (κ2) is 29.9. The first-order chi connectivity index (χ1) is 20.3. The quantitative estimate of drug-likeness (QED) is 0.0438. The van der Waals surface area contributed by atoms with E-state index in [9.17, 15) is 9.59 Å². The van der Waals surface area contributed by atoms with Gasteiger partial charge >= 0.3 is 11.9 Å². The summed E-state index contributed by atoms with van der Waals surface area (Å²) in [6.07, 6.45) is 28.0. The molecule has 0 bridgehead atoms. The van der Waals surface area contributed by atoms with E-state index in [-0.39, 0.29) is 18.5 Å². The molecule has 0 N–H and O–H groups in total. The monoisotopic (exact) mass is 599 g/mol. The lowest BCUT2D eigenvalue weighted by molar-refractivity contribution is -0.893. The van der Waals surface area contributed by atoms with Crippen molar-refractivity contribution < 1.29 is 28.3 Å². The van der Waals surface area contributed by atoms with Gasteiger partial charge in [0.15, 0.2) is 6.10 Å². The highest BCUT2D eigenvalue weighted by Gasteiger charge is 2.26. The van der Waals surface area contributed by atoms with Crippen LogP contribution in [0.4, 0.5) is 0 Å². The Bertz CT molecular complexity index is 610. The smallest absolute Gasteiger partial charge is 0.306 e. The summed E-state index contributed by atoms with van der Waals surface area (Å²) in [5, 5.41) is 0. The fourth-order valence-electron chi connectivity index (χ4n) is 5.47. The molecule has 0 spiro atoms. The minimum Gasteiger partial charge on any atom is -0.461 e. The largest absolute Gasteiger partial charge is 0.461 e. The molecule has 0 aromatic rings. The number of carbonyl (C=O) groups excluding carboxylic acids is 2. The highest BCUT2D eigenvalue weighted by molar-refractivity contribution is 5.70. The first-order valence-corrected chi connectivity index (χ1v) is 18.0. The van der Waals surface area contributed by atoms with Crippen LogP contribution >= 0.6 is 0 Å². The van der Waals surface area contributed by atoms with Gasteiger partial charge in [-0.2, -0.15) is 0 Å². The summed E-state index contributed by atoms with van der Waals surface area (Å²) in [5.74, 6) is -0.358. The molecule has 1 unspecified atom stereocenters. The van der Waals surface area contributed by atoms with E-state index in [1.807, 2.05) is 0 Å². The molecule has 0 saturated heterocycles. The summed E-state index contributed by atoms with van der Waals surface area (Å²) in [7, 11) is 5.88. The Balaban J connectivity index is 4.21. The van der Waals surface area contributed by atoms with Crippen LogP contribution in [0, 0.1) is 0 Å². The van der Waals surface area contributed by atoms with Crippen LogP contribution < -0.4 is 0 Å².